The number of carbonyl (C=O) groups is 2. The molecule has 0 radical (unpaired) electrons. The van der Waals surface area contributed by atoms with Crippen LogP contribution in [-0.4, -0.2) is 17.9 Å². The van der Waals surface area contributed by atoms with Gasteiger partial charge in [-0.05, 0) is 44.0 Å². The van der Waals surface area contributed by atoms with Gasteiger partial charge in [0.15, 0.2) is 6.10 Å². The summed E-state index contributed by atoms with van der Waals surface area (Å²) in [6.45, 7) is 5.50. The van der Waals surface area contributed by atoms with Crippen molar-refractivity contribution in [1.82, 2.24) is 0 Å². The molecule has 0 fully saturated rings. The lowest BCUT2D eigenvalue weighted by Gasteiger charge is -2.13. The molecule has 0 aliphatic rings. The summed E-state index contributed by atoms with van der Waals surface area (Å²) in [5.41, 5.74) is 3.13. The van der Waals surface area contributed by atoms with Crippen LogP contribution < -0.4 is 0 Å². The second-order valence-corrected chi connectivity index (χ2v) is 5.08. The van der Waals surface area contributed by atoms with Crippen molar-refractivity contribution in [3.05, 3.63) is 70.8 Å². The van der Waals surface area contributed by atoms with E-state index in [2.05, 4.69) is 0 Å². The van der Waals surface area contributed by atoms with Crippen LogP contribution in [0.5, 0.6) is 0 Å². The van der Waals surface area contributed by atoms with E-state index in [9.17, 15) is 9.59 Å². The summed E-state index contributed by atoms with van der Waals surface area (Å²) < 4.78 is 5.26. The van der Waals surface area contributed by atoms with Gasteiger partial charge in [-0.15, -0.1) is 0 Å². The highest BCUT2D eigenvalue weighted by molar-refractivity contribution is 6.01. The average molecular weight is 282 g/mol. The van der Waals surface area contributed by atoms with Crippen molar-refractivity contribution in [2.45, 2.75) is 26.9 Å². The number of esters is 1. The van der Waals surface area contributed by atoms with E-state index in [-0.39, 0.29) is 5.78 Å². The molecular formula is C18H18O3. The predicted molar refractivity (Wildman–Crippen MR) is 81.6 cm³/mol. The Morgan fingerprint density at radius 2 is 1.57 bits per heavy atom. The number of hydrogen-bond acceptors (Lipinski definition) is 3. The predicted octanol–water partition coefficient (Wildman–Crippen LogP) is 3.73. The fourth-order valence-corrected chi connectivity index (χ4v) is 1.99. The molecule has 1 atom stereocenters. The Kier molecular flexibility index (Phi) is 4.53. The average Bonchev–Trinajstić information content (AvgIpc) is 2.50. The Morgan fingerprint density at radius 3 is 2.19 bits per heavy atom. The van der Waals surface area contributed by atoms with Gasteiger partial charge in [0.05, 0.1) is 5.56 Å². The maximum Gasteiger partial charge on any atom is 0.338 e. The lowest BCUT2D eigenvalue weighted by atomic mass is 10.1. The van der Waals surface area contributed by atoms with E-state index in [1.807, 2.05) is 26.0 Å². The van der Waals surface area contributed by atoms with Gasteiger partial charge in [0.1, 0.15) is 0 Å². The molecule has 0 aliphatic heterocycles. The third kappa shape index (κ3) is 3.57. The summed E-state index contributed by atoms with van der Waals surface area (Å²) in [5, 5.41) is 0. The molecule has 0 unspecified atom stereocenters. The number of ether oxygens (including phenoxy) is 1. The molecule has 0 aliphatic carbocycles. The zero-order valence-corrected chi connectivity index (χ0v) is 12.4. The van der Waals surface area contributed by atoms with Gasteiger partial charge < -0.3 is 4.74 Å². The maximum atomic E-state index is 12.2. The number of carbonyl (C=O) groups excluding carboxylic acids is 2. The van der Waals surface area contributed by atoms with E-state index in [4.69, 9.17) is 4.74 Å². The summed E-state index contributed by atoms with van der Waals surface area (Å²) in [6, 6.07) is 14.2. The maximum absolute atomic E-state index is 12.2. The van der Waals surface area contributed by atoms with Gasteiger partial charge in [-0.25, -0.2) is 4.79 Å². The number of Topliss-reactive ketones (excluding diaryl/α,β-unsaturated/α-hetero) is 1. The zero-order valence-electron chi connectivity index (χ0n) is 12.4. The molecule has 0 saturated heterocycles. The monoisotopic (exact) mass is 282 g/mol. The minimum absolute atomic E-state index is 0.201. The smallest absolute Gasteiger partial charge is 0.338 e. The third-order valence-electron chi connectivity index (χ3n) is 3.45. The fraction of sp³-hybridized carbons (Fsp3) is 0.222. The van der Waals surface area contributed by atoms with Gasteiger partial charge in [-0.3, -0.25) is 4.79 Å². The van der Waals surface area contributed by atoms with Gasteiger partial charge in [0.25, 0.3) is 0 Å². The molecule has 0 heterocycles. The SMILES string of the molecule is Cc1ccc(C(=O)O[C@@H](C)C(=O)c2ccccc2)cc1C. The van der Waals surface area contributed by atoms with Crippen molar-refractivity contribution in [2.24, 2.45) is 0 Å². The lowest BCUT2D eigenvalue weighted by Crippen LogP contribution is -2.24. The quantitative estimate of drug-likeness (QED) is 0.634. The Hall–Kier alpha value is -2.42. The van der Waals surface area contributed by atoms with Crippen LogP contribution in [0.4, 0.5) is 0 Å². The van der Waals surface area contributed by atoms with E-state index in [0.717, 1.165) is 11.1 Å². The molecule has 108 valence electrons. The lowest BCUT2D eigenvalue weighted by molar-refractivity contribution is 0.0318. The number of aryl methyl sites for hydroxylation is 2. The molecule has 2 rings (SSSR count). The Bertz CT molecular complexity index is 659. The van der Waals surface area contributed by atoms with Gasteiger partial charge in [0, 0.05) is 5.56 Å². The number of rotatable bonds is 4. The first kappa shape index (κ1) is 15.0. The highest BCUT2D eigenvalue weighted by atomic mass is 16.5. The number of ketones is 1. The standard InChI is InChI=1S/C18H18O3/c1-12-9-10-16(11-13(12)2)18(20)21-14(3)17(19)15-7-5-4-6-8-15/h4-11,14H,1-3H3/t14-/m0/s1. The summed E-state index contributed by atoms with van der Waals surface area (Å²) in [4.78, 5) is 24.2. The van der Waals surface area contributed by atoms with Crippen molar-refractivity contribution < 1.29 is 14.3 Å². The highest BCUT2D eigenvalue weighted by Crippen LogP contribution is 2.13. The van der Waals surface area contributed by atoms with E-state index < -0.39 is 12.1 Å². The second kappa shape index (κ2) is 6.35. The van der Waals surface area contributed by atoms with Gasteiger partial charge in [-0.1, -0.05) is 36.4 Å². The molecule has 0 N–H and O–H groups in total. The molecule has 0 amide bonds. The summed E-state index contributed by atoms with van der Waals surface area (Å²) >= 11 is 0. The van der Waals surface area contributed by atoms with E-state index in [1.54, 1.807) is 43.3 Å². The largest absolute Gasteiger partial charge is 0.451 e. The van der Waals surface area contributed by atoms with Crippen molar-refractivity contribution in [3.8, 4) is 0 Å². The Labute approximate surface area is 124 Å². The summed E-state index contributed by atoms with van der Waals surface area (Å²) in [6.07, 6.45) is -0.804. The van der Waals surface area contributed by atoms with E-state index in [1.165, 1.54) is 0 Å². The second-order valence-electron chi connectivity index (χ2n) is 5.08. The fourth-order valence-electron chi connectivity index (χ4n) is 1.99. The normalized spacial score (nSPS) is 11.8. The molecule has 2 aromatic carbocycles. The number of hydrogen-bond donors (Lipinski definition) is 0. The minimum atomic E-state index is -0.804. The summed E-state index contributed by atoms with van der Waals surface area (Å²) in [5.74, 6) is -0.678. The molecule has 3 nitrogen and oxygen atoms in total. The van der Waals surface area contributed by atoms with Crippen LogP contribution in [0.15, 0.2) is 48.5 Å². The van der Waals surface area contributed by atoms with Crippen molar-refractivity contribution >= 4 is 11.8 Å². The van der Waals surface area contributed by atoms with Crippen LogP contribution in [0.3, 0.4) is 0 Å². The first-order valence-corrected chi connectivity index (χ1v) is 6.86. The Morgan fingerprint density at radius 1 is 0.905 bits per heavy atom. The molecule has 0 aromatic heterocycles. The zero-order chi connectivity index (χ0) is 15.4. The molecule has 3 heteroatoms. The number of benzene rings is 2. The van der Waals surface area contributed by atoms with Gasteiger partial charge in [0.2, 0.25) is 5.78 Å². The van der Waals surface area contributed by atoms with Crippen molar-refractivity contribution in [1.29, 1.82) is 0 Å². The van der Waals surface area contributed by atoms with E-state index in [0.29, 0.717) is 11.1 Å². The third-order valence-corrected chi connectivity index (χ3v) is 3.45. The van der Waals surface area contributed by atoms with Crippen LogP contribution in [0.25, 0.3) is 0 Å². The molecule has 0 bridgehead atoms. The Balaban J connectivity index is 2.08. The first-order valence-electron chi connectivity index (χ1n) is 6.86. The molecular weight excluding hydrogens is 264 g/mol. The first-order chi connectivity index (χ1) is 9.99. The highest BCUT2D eigenvalue weighted by Gasteiger charge is 2.20. The van der Waals surface area contributed by atoms with E-state index >= 15 is 0 Å². The minimum Gasteiger partial charge on any atom is -0.451 e. The van der Waals surface area contributed by atoms with Crippen LogP contribution in [0, 0.1) is 13.8 Å². The molecule has 0 saturated carbocycles. The van der Waals surface area contributed by atoms with Gasteiger partial charge in [-0.2, -0.15) is 0 Å². The van der Waals surface area contributed by atoms with Crippen LogP contribution >= 0.6 is 0 Å². The summed E-state index contributed by atoms with van der Waals surface area (Å²) in [7, 11) is 0. The van der Waals surface area contributed by atoms with Crippen LogP contribution in [-0.2, 0) is 4.74 Å². The van der Waals surface area contributed by atoms with Crippen molar-refractivity contribution in [3.63, 3.8) is 0 Å². The topological polar surface area (TPSA) is 43.4 Å². The molecule has 0 spiro atoms. The van der Waals surface area contributed by atoms with Crippen LogP contribution in [0.2, 0.25) is 0 Å². The van der Waals surface area contributed by atoms with Crippen molar-refractivity contribution in [2.75, 3.05) is 0 Å². The molecule has 21 heavy (non-hydrogen) atoms. The van der Waals surface area contributed by atoms with Gasteiger partial charge >= 0.3 is 5.97 Å². The molecule has 2 aromatic rings. The van der Waals surface area contributed by atoms with Crippen LogP contribution in [0.1, 0.15) is 38.8 Å².